The van der Waals surface area contributed by atoms with Crippen LogP contribution in [-0.4, -0.2) is 18.7 Å². The third-order valence-electron chi connectivity index (χ3n) is 4.64. The van der Waals surface area contributed by atoms with Crippen LogP contribution in [0.1, 0.15) is 49.8 Å². The predicted octanol–water partition coefficient (Wildman–Crippen LogP) is 5.33. The van der Waals surface area contributed by atoms with Gasteiger partial charge in [-0.15, -0.1) is 0 Å². The smallest absolute Gasteiger partial charge is 0.302 e. The van der Waals surface area contributed by atoms with Gasteiger partial charge in [0.15, 0.2) is 0 Å². The molecule has 2 unspecified atom stereocenters. The van der Waals surface area contributed by atoms with Crippen LogP contribution in [0, 0.1) is 0 Å². The fourth-order valence-electron chi connectivity index (χ4n) is 3.34. The SMILES string of the molecule is CC(=O)OCCCCC1C=C(c2ccccc2)CC(c2ccccc2)O1. The molecule has 26 heavy (non-hydrogen) atoms. The summed E-state index contributed by atoms with van der Waals surface area (Å²) in [6, 6.07) is 21.0. The molecule has 2 aromatic rings. The highest BCUT2D eigenvalue weighted by Gasteiger charge is 2.24. The molecule has 0 saturated heterocycles. The maximum atomic E-state index is 10.9. The van der Waals surface area contributed by atoms with E-state index in [0.29, 0.717) is 6.61 Å². The zero-order valence-corrected chi connectivity index (χ0v) is 15.3. The topological polar surface area (TPSA) is 35.5 Å². The van der Waals surface area contributed by atoms with Gasteiger partial charge in [0.2, 0.25) is 0 Å². The van der Waals surface area contributed by atoms with Crippen molar-refractivity contribution in [1.29, 1.82) is 0 Å². The van der Waals surface area contributed by atoms with E-state index in [1.165, 1.54) is 23.6 Å². The van der Waals surface area contributed by atoms with Crippen LogP contribution in [0.5, 0.6) is 0 Å². The van der Waals surface area contributed by atoms with Crippen molar-refractivity contribution in [1.82, 2.24) is 0 Å². The third kappa shape index (κ3) is 5.30. The van der Waals surface area contributed by atoms with Gasteiger partial charge >= 0.3 is 5.97 Å². The molecular formula is C23H26O3. The number of hydrogen-bond acceptors (Lipinski definition) is 3. The van der Waals surface area contributed by atoms with Gasteiger partial charge < -0.3 is 9.47 Å². The molecule has 1 heterocycles. The Kier molecular flexibility index (Phi) is 6.62. The van der Waals surface area contributed by atoms with E-state index >= 15 is 0 Å². The predicted molar refractivity (Wildman–Crippen MR) is 104 cm³/mol. The molecule has 0 amide bonds. The molecule has 0 radical (unpaired) electrons. The summed E-state index contributed by atoms with van der Waals surface area (Å²) < 4.78 is 11.4. The second kappa shape index (κ2) is 9.35. The summed E-state index contributed by atoms with van der Waals surface area (Å²) in [5.41, 5.74) is 3.83. The average Bonchev–Trinajstić information content (AvgIpc) is 2.68. The first-order valence-electron chi connectivity index (χ1n) is 9.32. The Bertz CT molecular complexity index is 722. The largest absolute Gasteiger partial charge is 0.466 e. The fraction of sp³-hybridized carbons (Fsp3) is 0.348. The van der Waals surface area contributed by atoms with E-state index < -0.39 is 0 Å². The Morgan fingerprint density at radius 3 is 2.42 bits per heavy atom. The molecule has 0 saturated carbocycles. The number of carbonyl (C=O) groups is 1. The molecular weight excluding hydrogens is 324 g/mol. The van der Waals surface area contributed by atoms with Crippen molar-refractivity contribution in [3.8, 4) is 0 Å². The van der Waals surface area contributed by atoms with Gasteiger partial charge in [-0.25, -0.2) is 0 Å². The first-order valence-corrected chi connectivity index (χ1v) is 9.32. The van der Waals surface area contributed by atoms with Gasteiger partial charge in [-0.05, 0) is 36.0 Å². The average molecular weight is 350 g/mol. The minimum atomic E-state index is -0.214. The van der Waals surface area contributed by atoms with Crippen LogP contribution >= 0.6 is 0 Å². The lowest BCUT2D eigenvalue weighted by molar-refractivity contribution is -0.141. The van der Waals surface area contributed by atoms with E-state index in [-0.39, 0.29) is 18.2 Å². The number of benzene rings is 2. The minimum absolute atomic E-state index is 0.0786. The zero-order valence-electron chi connectivity index (χ0n) is 15.3. The van der Waals surface area contributed by atoms with Crippen LogP contribution < -0.4 is 0 Å². The molecule has 2 atom stereocenters. The quantitative estimate of drug-likeness (QED) is 0.500. The van der Waals surface area contributed by atoms with Gasteiger partial charge in [0.25, 0.3) is 0 Å². The molecule has 1 aliphatic rings. The number of esters is 1. The second-order valence-electron chi connectivity index (χ2n) is 6.67. The summed E-state index contributed by atoms with van der Waals surface area (Å²) in [6.45, 7) is 1.93. The lowest BCUT2D eigenvalue weighted by atomic mass is 9.91. The first kappa shape index (κ1) is 18.4. The fourth-order valence-corrected chi connectivity index (χ4v) is 3.34. The Hall–Kier alpha value is -2.39. The van der Waals surface area contributed by atoms with E-state index in [4.69, 9.17) is 9.47 Å². The van der Waals surface area contributed by atoms with Gasteiger partial charge in [-0.3, -0.25) is 4.79 Å². The molecule has 3 heteroatoms. The summed E-state index contributed by atoms with van der Waals surface area (Å²) in [4.78, 5) is 10.9. The lowest BCUT2D eigenvalue weighted by Crippen LogP contribution is -2.21. The van der Waals surface area contributed by atoms with Crippen molar-refractivity contribution in [3.05, 3.63) is 77.9 Å². The standard InChI is InChI=1S/C23H26O3/c1-18(24)25-15-9-8-14-22-16-21(19-10-4-2-5-11-19)17-23(26-22)20-12-6-3-7-13-20/h2-7,10-13,16,22-23H,8-9,14-15,17H2,1H3. The molecule has 3 rings (SSSR count). The van der Waals surface area contributed by atoms with Crippen LogP contribution in [0.25, 0.3) is 5.57 Å². The Balaban J connectivity index is 1.68. The maximum absolute atomic E-state index is 10.9. The molecule has 3 nitrogen and oxygen atoms in total. The van der Waals surface area contributed by atoms with Gasteiger partial charge in [-0.2, -0.15) is 0 Å². The van der Waals surface area contributed by atoms with E-state index in [1.54, 1.807) is 0 Å². The van der Waals surface area contributed by atoms with Crippen molar-refractivity contribution in [3.63, 3.8) is 0 Å². The van der Waals surface area contributed by atoms with Crippen molar-refractivity contribution in [2.24, 2.45) is 0 Å². The van der Waals surface area contributed by atoms with Gasteiger partial charge in [0.05, 0.1) is 18.8 Å². The van der Waals surface area contributed by atoms with E-state index in [0.717, 1.165) is 25.7 Å². The number of unbranched alkanes of at least 4 members (excludes halogenated alkanes) is 1. The minimum Gasteiger partial charge on any atom is -0.466 e. The number of carbonyl (C=O) groups excluding carboxylic acids is 1. The second-order valence-corrected chi connectivity index (χ2v) is 6.67. The maximum Gasteiger partial charge on any atom is 0.302 e. The van der Waals surface area contributed by atoms with E-state index in [1.807, 2.05) is 12.1 Å². The van der Waals surface area contributed by atoms with E-state index in [9.17, 15) is 4.79 Å². The summed E-state index contributed by atoms with van der Waals surface area (Å²) in [6.07, 6.45) is 6.08. The van der Waals surface area contributed by atoms with Crippen molar-refractivity contribution >= 4 is 11.5 Å². The summed E-state index contributed by atoms with van der Waals surface area (Å²) in [5.74, 6) is -0.214. The lowest BCUT2D eigenvalue weighted by Gasteiger charge is -2.30. The third-order valence-corrected chi connectivity index (χ3v) is 4.64. The molecule has 2 aromatic carbocycles. The van der Waals surface area contributed by atoms with Gasteiger partial charge in [-0.1, -0.05) is 66.7 Å². The van der Waals surface area contributed by atoms with Crippen molar-refractivity contribution in [2.45, 2.75) is 44.8 Å². The van der Waals surface area contributed by atoms with Crippen molar-refractivity contribution < 1.29 is 14.3 Å². The van der Waals surface area contributed by atoms with E-state index in [2.05, 4.69) is 54.6 Å². The molecule has 0 fully saturated rings. The Morgan fingerprint density at radius 1 is 1.04 bits per heavy atom. The Labute approximate surface area is 155 Å². The van der Waals surface area contributed by atoms with Crippen LogP contribution in [0.15, 0.2) is 66.7 Å². The summed E-state index contributed by atoms with van der Waals surface area (Å²) in [5, 5.41) is 0. The zero-order chi connectivity index (χ0) is 18.2. The summed E-state index contributed by atoms with van der Waals surface area (Å²) in [7, 11) is 0. The molecule has 0 aliphatic carbocycles. The molecule has 0 spiro atoms. The van der Waals surface area contributed by atoms with Crippen LogP contribution in [0.2, 0.25) is 0 Å². The Morgan fingerprint density at radius 2 is 1.73 bits per heavy atom. The van der Waals surface area contributed by atoms with Crippen LogP contribution in [-0.2, 0) is 14.3 Å². The monoisotopic (exact) mass is 350 g/mol. The van der Waals surface area contributed by atoms with Gasteiger partial charge in [0.1, 0.15) is 0 Å². The summed E-state index contributed by atoms with van der Waals surface area (Å²) >= 11 is 0. The molecule has 0 aromatic heterocycles. The van der Waals surface area contributed by atoms with Crippen LogP contribution in [0.3, 0.4) is 0 Å². The highest BCUT2D eigenvalue weighted by atomic mass is 16.5. The normalized spacial score (nSPS) is 19.7. The molecule has 1 aliphatic heterocycles. The number of hydrogen-bond donors (Lipinski definition) is 0. The molecule has 0 bridgehead atoms. The highest BCUT2D eigenvalue weighted by Crippen LogP contribution is 2.37. The number of rotatable bonds is 7. The highest BCUT2D eigenvalue weighted by molar-refractivity contribution is 5.67. The van der Waals surface area contributed by atoms with Crippen LogP contribution in [0.4, 0.5) is 0 Å². The molecule has 136 valence electrons. The van der Waals surface area contributed by atoms with Gasteiger partial charge in [0, 0.05) is 13.3 Å². The molecule has 0 N–H and O–H groups in total. The van der Waals surface area contributed by atoms with Crippen molar-refractivity contribution in [2.75, 3.05) is 6.61 Å². The first-order chi connectivity index (χ1) is 12.7. The number of ether oxygens (including phenoxy) is 2.